The first-order valence-electron chi connectivity index (χ1n) is 19.5. The molecule has 6 heterocycles. The van der Waals surface area contributed by atoms with Crippen molar-refractivity contribution in [3.05, 3.63) is 74.7 Å². The highest BCUT2D eigenvalue weighted by Crippen LogP contribution is 2.38. The number of hydrogen-bond acceptors (Lipinski definition) is 11. The van der Waals surface area contributed by atoms with E-state index >= 15 is 0 Å². The quantitative estimate of drug-likeness (QED) is 0.262. The Bertz CT molecular complexity index is 2040. The number of pyridine rings is 1. The number of benzene rings is 2. The van der Waals surface area contributed by atoms with E-state index in [4.69, 9.17) is 9.47 Å². The number of aromatic amines is 1. The molecule has 1 aromatic heterocycles. The lowest BCUT2D eigenvalue weighted by atomic mass is 9.92. The van der Waals surface area contributed by atoms with E-state index in [1.54, 1.807) is 26.4 Å². The molecule has 0 bridgehead atoms. The Balaban J connectivity index is 0.824. The van der Waals surface area contributed by atoms with Crippen LogP contribution in [0.2, 0.25) is 0 Å². The number of carbonyl (C=O) groups excluding carboxylic acids is 4. The molecule has 4 amide bonds. The molecule has 8 rings (SSSR count). The lowest BCUT2D eigenvalue weighted by molar-refractivity contribution is -0.136. The summed E-state index contributed by atoms with van der Waals surface area (Å²) in [6.07, 6.45) is 6.10. The van der Waals surface area contributed by atoms with Crippen LogP contribution < -0.4 is 30.6 Å². The average molecular weight is 752 g/mol. The first-order chi connectivity index (χ1) is 26.7. The summed E-state index contributed by atoms with van der Waals surface area (Å²) >= 11 is 0. The highest BCUT2D eigenvalue weighted by molar-refractivity contribution is 6.23. The van der Waals surface area contributed by atoms with Crippen LogP contribution in [0.3, 0.4) is 0 Å². The summed E-state index contributed by atoms with van der Waals surface area (Å²) in [6.45, 7) is 8.84. The number of piperidine rings is 2. The van der Waals surface area contributed by atoms with Crippen LogP contribution >= 0.6 is 0 Å². The topological polar surface area (TPSA) is 157 Å². The van der Waals surface area contributed by atoms with Crippen molar-refractivity contribution in [2.75, 3.05) is 71.5 Å². The second kappa shape index (κ2) is 15.6. The molecule has 14 heteroatoms. The third-order valence-corrected chi connectivity index (χ3v) is 12.2. The maximum absolute atomic E-state index is 13.3. The van der Waals surface area contributed by atoms with Gasteiger partial charge < -0.3 is 29.6 Å². The second-order valence-corrected chi connectivity index (χ2v) is 15.3. The predicted molar refractivity (Wildman–Crippen MR) is 205 cm³/mol. The van der Waals surface area contributed by atoms with E-state index in [9.17, 15) is 24.0 Å². The van der Waals surface area contributed by atoms with Crippen molar-refractivity contribution in [1.29, 1.82) is 0 Å². The number of ether oxygens (including phenoxy) is 2. The Labute approximate surface area is 320 Å². The highest BCUT2D eigenvalue weighted by atomic mass is 16.5. The molecule has 0 saturated carbocycles. The largest absolute Gasteiger partial charge is 0.496 e. The molecule has 3 fully saturated rings. The number of rotatable bonds is 10. The minimum Gasteiger partial charge on any atom is -0.496 e. The number of carbonyl (C=O) groups is 4. The third-order valence-electron chi connectivity index (χ3n) is 12.2. The van der Waals surface area contributed by atoms with Crippen molar-refractivity contribution in [3.8, 4) is 22.6 Å². The summed E-state index contributed by atoms with van der Waals surface area (Å²) in [5, 5.41) is 5.55. The molecule has 3 saturated heterocycles. The lowest BCUT2D eigenvalue weighted by Gasteiger charge is -2.37. The van der Waals surface area contributed by atoms with E-state index < -0.39 is 23.8 Å². The zero-order valence-electron chi connectivity index (χ0n) is 31.6. The molecule has 55 heavy (non-hydrogen) atoms. The monoisotopic (exact) mass is 751 g/mol. The van der Waals surface area contributed by atoms with Crippen LogP contribution in [0, 0.1) is 5.92 Å². The number of piperazine rings is 1. The van der Waals surface area contributed by atoms with Gasteiger partial charge >= 0.3 is 0 Å². The Morgan fingerprint density at radius 2 is 1.47 bits per heavy atom. The van der Waals surface area contributed by atoms with Gasteiger partial charge in [-0.3, -0.25) is 39.1 Å². The number of hydrogen-bond donors (Lipinski definition) is 3. The fourth-order valence-electron chi connectivity index (χ4n) is 8.96. The van der Waals surface area contributed by atoms with Gasteiger partial charge in [0.2, 0.25) is 11.8 Å². The van der Waals surface area contributed by atoms with Crippen LogP contribution in [0.1, 0.15) is 69.5 Å². The van der Waals surface area contributed by atoms with Crippen LogP contribution in [0.4, 0.5) is 5.69 Å². The van der Waals surface area contributed by atoms with E-state index in [1.807, 2.05) is 12.3 Å². The van der Waals surface area contributed by atoms with Crippen molar-refractivity contribution in [1.82, 2.24) is 30.3 Å². The van der Waals surface area contributed by atoms with Gasteiger partial charge in [-0.05, 0) is 92.6 Å². The molecule has 14 nitrogen and oxygen atoms in total. The fraction of sp³-hybridized carbons (Fsp3) is 0.488. The first-order valence-corrected chi connectivity index (χ1v) is 19.5. The minimum absolute atomic E-state index is 0.0409. The summed E-state index contributed by atoms with van der Waals surface area (Å²) < 4.78 is 11.9. The molecule has 3 N–H and O–H groups in total. The van der Waals surface area contributed by atoms with E-state index in [1.165, 1.54) is 0 Å². The second-order valence-electron chi connectivity index (χ2n) is 15.3. The SMILES string of the molecule is COc1cc(-c2c[nH]c(=O)c3c2CCNC3)cc(OC)c1CN1CCN(CCC2CCN(c3ccc4c(c3)C(=O)N(C3CCC(=O)NC3=O)C4=O)CC2)CC1. The molecular formula is C41H49N7O7. The van der Waals surface area contributed by atoms with Gasteiger partial charge in [0, 0.05) is 81.8 Å². The van der Waals surface area contributed by atoms with Crippen molar-refractivity contribution in [3.63, 3.8) is 0 Å². The molecule has 5 aliphatic heterocycles. The number of fused-ring (bicyclic) bond motifs is 2. The third kappa shape index (κ3) is 7.26. The van der Waals surface area contributed by atoms with E-state index in [0.717, 1.165) is 134 Å². The summed E-state index contributed by atoms with van der Waals surface area (Å²) in [7, 11) is 3.40. The van der Waals surface area contributed by atoms with Gasteiger partial charge in [0.05, 0.1) is 30.9 Å². The number of nitrogens with one attached hydrogen (secondary N) is 3. The van der Waals surface area contributed by atoms with Crippen molar-refractivity contribution < 1.29 is 28.7 Å². The minimum atomic E-state index is -0.962. The predicted octanol–water partition coefficient (Wildman–Crippen LogP) is 2.53. The van der Waals surface area contributed by atoms with Gasteiger partial charge in [0.25, 0.3) is 17.4 Å². The van der Waals surface area contributed by atoms with Crippen LogP contribution in [0.15, 0.2) is 41.3 Å². The normalized spacial score (nSPS) is 21.1. The van der Waals surface area contributed by atoms with Crippen molar-refractivity contribution >= 4 is 29.3 Å². The molecule has 290 valence electrons. The maximum atomic E-state index is 13.3. The molecule has 0 spiro atoms. The average Bonchev–Trinajstić information content (AvgIpc) is 3.46. The molecule has 2 aromatic carbocycles. The number of imide groups is 2. The number of nitrogens with zero attached hydrogens (tertiary/aromatic N) is 4. The molecule has 3 aromatic rings. The Morgan fingerprint density at radius 3 is 2.18 bits per heavy atom. The van der Waals surface area contributed by atoms with E-state index in [-0.39, 0.29) is 24.3 Å². The van der Waals surface area contributed by atoms with Gasteiger partial charge in [-0.25, -0.2) is 0 Å². The highest BCUT2D eigenvalue weighted by Gasteiger charge is 2.45. The summed E-state index contributed by atoms with van der Waals surface area (Å²) in [5.41, 5.74) is 6.39. The molecule has 0 radical (unpaired) electrons. The lowest BCUT2D eigenvalue weighted by Crippen LogP contribution is -2.54. The number of H-pyrrole nitrogens is 1. The molecular weight excluding hydrogens is 702 g/mol. The zero-order valence-corrected chi connectivity index (χ0v) is 31.6. The van der Waals surface area contributed by atoms with Crippen LogP contribution in [0.5, 0.6) is 11.5 Å². The van der Waals surface area contributed by atoms with Crippen molar-refractivity contribution in [2.24, 2.45) is 5.92 Å². The number of amides is 4. The van der Waals surface area contributed by atoms with Crippen LogP contribution in [-0.2, 0) is 29.1 Å². The van der Waals surface area contributed by atoms with Gasteiger partial charge in [-0.15, -0.1) is 0 Å². The smallest absolute Gasteiger partial charge is 0.262 e. The van der Waals surface area contributed by atoms with Gasteiger partial charge in [0.1, 0.15) is 17.5 Å². The standard InChI is InChI=1S/C41H49N7O7/c1-54-35-19-26(31-23-43-38(50)32-22-42-11-7-28(31)32)20-36(55-2)33(35)24-46-17-15-45(16-18-46)12-8-25-9-13-47(14-10-25)27-3-4-29-30(21-27)41(53)48(40(29)52)34-5-6-37(49)44-39(34)51/h3-4,19-21,23,25,34,42H,5-18,22,24H2,1-2H3,(H,43,50)(H,44,49,51). The fourth-order valence-corrected chi connectivity index (χ4v) is 8.96. The first kappa shape index (κ1) is 36.9. The summed E-state index contributed by atoms with van der Waals surface area (Å²) in [4.78, 5) is 74.2. The van der Waals surface area contributed by atoms with Gasteiger partial charge in [-0.1, -0.05) is 0 Å². The summed E-state index contributed by atoms with van der Waals surface area (Å²) in [5.74, 6) is 0.252. The van der Waals surface area contributed by atoms with Gasteiger partial charge in [0.15, 0.2) is 0 Å². The number of aromatic nitrogens is 1. The van der Waals surface area contributed by atoms with Crippen LogP contribution in [-0.4, -0.2) is 116 Å². The number of methoxy groups -OCH3 is 2. The zero-order chi connectivity index (χ0) is 38.2. The van der Waals surface area contributed by atoms with Gasteiger partial charge in [-0.2, -0.15) is 0 Å². The molecule has 5 aliphatic rings. The Morgan fingerprint density at radius 1 is 0.764 bits per heavy atom. The molecule has 1 unspecified atom stereocenters. The number of anilines is 1. The van der Waals surface area contributed by atoms with E-state index in [2.05, 4.69) is 42.5 Å². The Kier molecular flexibility index (Phi) is 10.5. The summed E-state index contributed by atoms with van der Waals surface area (Å²) in [6, 6.07) is 8.56. The maximum Gasteiger partial charge on any atom is 0.262 e. The van der Waals surface area contributed by atoms with E-state index in [0.29, 0.717) is 23.6 Å². The molecule has 0 aliphatic carbocycles. The Hall–Kier alpha value is -5.05. The molecule has 1 atom stereocenters. The van der Waals surface area contributed by atoms with Crippen LogP contribution in [0.25, 0.3) is 11.1 Å². The van der Waals surface area contributed by atoms with Crippen molar-refractivity contribution in [2.45, 2.75) is 57.7 Å².